The van der Waals surface area contributed by atoms with Crippen LogP contribution in [-0.2, 0) is 24.0 Å². The molecule has 0 aromatic rings. The molecule has 2 rings (SSSR count). The summed E-state index contributed by atoms with van der Waals surface area (Å²) < 4.78 is 62.0. The zero-order valence-electron chi connectivity index (χ0n) is 10.8. The Bertz CT molecular complexity index is 585. The van der Waals surface area contributed by atoms with E-state index in [0.29, 0.717) is 6.42 Å². The second kappa shape index (κ2) is 5.09. The number of hydrogen-bond donors (Lipinski definition) is 0. The molecule has 118 valence electrons. The van der Waals surface area contributed by atoms with Gasteiger partial charge in [-0.15, -0.1) is 9.35 Å². The van der Waals surface area contributed by atoms with E-state index in [1.807, 2.05) is 6.08 Å². The Morgan fingerprint density at radius 1 is 1.33 bits per heavy atom. The molecule has 0 saturated heterocycles. The quantitative estimate of drug-likeness (QED) is 0.335. The van der Waals surface area contributed by atoms with Gasteiger partial charge in [-0.05, 0) is 24.2 Å². The number of alkyl halides is 3. The van der Waals surface area contributed by atoms with Gasteiger partial charge in [0, 0.05) is 0 Å². The lowest BCUT2D eigenvalue weighted by Gasteiger charge is -2.26. The highest BCUT2D eigenvalue weighted by molar-refractivity contribution is 7.87. The molecule has 2 bridgehead atoms. The Morgan fingerprint density at radius 2 is 1.90 bits per heavy atom. The van der Waals surface area contributed by atoms with Crippen molar-refractivity contribution in [2.24, 2.45) is 23.7 Å². The zero-order chi connectivity index (χ0) is 16.0. The first kappa shape index (κ1) is 16.0. The van der Waals surface area contributed by atoms with Gasteiger partial charge in [0.15, 0.2) is 0 Å². The first-order valence-electron chi connectivity index (χ1n) is 6.06. The Morgan fingerprint density at radius 3 is 2.33 bits per heavy atom. The van der Waals surface area contributed by atoms with Gasteiger partial charge < -0.3 is 0 Å². The van der Waals surface area contributed by atoms with Crippen molar-refractivity contribution in [1.82, 2.24) is 5.06 Å². The molecule has 0 heterocycles. The lowest BCUT2D eigenvalue weighted by Crippen LogP contribution is -2.43. The molecule has 0 spiro atoms. The Kier molecular flexibility index (Phi) is 3.87. The van der Waals surface area contributed by atoms with Crippen molar-refractivity contribution >= 4 is 22.4 Å². The summed E-state index contributed by atoms with van der Waals surface area (Å²) in [6, 6.07) is 0. The molecular formula is C11H12F3NO5S. The third-order valence-corrected chi connectivity index (χ3v) is 4.84. The monoisotopic (exact) mass is 327 g/mol. The second-order valence-electron chi connectivity index (χ2n) is 5.08. The predicted molar refractivity (Wildman–Crippen MR) is 62.4 cm³/mol. The van der Waals surface area contributed by atoms with Crippen molar-refractivity contribution in [3.63, 3.8) is 0 Å². The molecule has 21 heavy (non-hydrogen) atoms. The van der Waals surface area contributed by atoms with E-state index in [2.05, 4.69) is 4.28 Å². The molecule has 0 aliphatic heterocycles. The molecule has 2 aliphatic carbocycles. The van der Waals surface area contributed by atoms with E-state index in [9.17, 15) is 31.2 Å². The van der Waals surface area contributed by atoms with Gasteiger partial charge in [0.1, 0.15) is 0 Å². The number of hydrogen-bond acceptors (Lipinski definition) is 5. The third kappa shape index (κ3) is 2.69. The van der Waals surface area contributed by atoms with Crippen molar-refractivity contribution in [3.8, 4) is 0 Å². The van der Waals surface area contributed by atoms with Crippen LogP contribution < -0.4 is 0 Å². The van der Waals surface area contributed by atoms with Crippen LogP contribution in [0.4, 0.5) is 13.2 Å². The van der Waals surface area contributed by atoms with Crippen LogP contribution in [0.15, 0.2) is 12.2 Å². The standard InChI is InChI=1S/C11H12F3NO5S/c1-6-7-2-3-8(4-7)9(6)10(17)15(5-16)20-21(18,19)11(12,13)14/h2-3,5-9H,4H2,1H3. The van der Waals surface area contributed by atoms with E-state index in [4.69, 9.17) is 0 Å². The average Bonchev–Trinajstić information content (AvgIpc) is 2.94. The normalized spacial score (nSPS) is 31.4. The van der Waals surface area contributed by atoms with Gasteiger partial charge in [0.25, 0.3) is 5.91 Å². The molecule has 0 aromatic heterocycles. The summed E-state index contributed by atoms with van der Waals surface area (Å²) in [5.41, 5.74) is -5.71. The summed E-state index contributed by atoms with van der Waals surface area (Å²) in [4.78, 5) is 22.8. The maximum absolute atomic E-state index is 12.2. The lowest BCUT2D eigenvalue weighted by molar-refractivity contribution is -0.171. The largest absolute Gasteiger partial charge is 0.525 e. The van der Waals surface area contributed by atoms with E-state index < -0.39 is 27.5 Å². The smallest absolute Gasteiger partial charge is 0.276 e. The minimum absolute atomic E-state index is 0.0941. The van der Waals surface area contributed by atoms with Crippen LogP contribution in [0, 0.1) is 23.7 Å². The van der Waals surface area contributed by atoms with Gasteiger partial charge in [-0.3, -0.25) is 9.59 Å². The maximum atomic E-state index is 12.2. The summed E-state index contributed by atoms with van der Waals surface area (Å²) in [5, 5.41) is -0.376. The van der Waals surface area contributed by atoms with E-state index in [1.54, 1.807) is 13.0 Å². The summed E-state index contributed by atoms with van der Waals surface area (Å²) in [7, 11) is -6.06. The fourth-order valence-electron chi connectivity index (χ4n) is 2.88. The summed E-state index contributed by atoms with van der Waals surface area (Å²) >= 11 is 0. The number of imide groups is 1. The van der Waals surface area contributed by atoms with Gasteiger partial charge in [-0.25, -0.2) is 0 Å². The molecule has 4 atom stereocenters. The SMILES string of the molecule is CC1C2C=CC(C2)C1C(=O)N(C=O)OS(=O)(=O)C(F)(F)F. The number of halogens is 3. The summed E-state index contributed by atoms with van der Waals surface area (Å²) in [5.74, 6) is -2.18. The first-order valence-corrected chi connectivity index (χ1v) is 7.47. The first-order chi connectivity index (χ1) is 9.58. The number of rotatable bonds is 4. The third-order valence-electron chi connectivity index (χ3n) is 3.91. The molecule has 6 nitrogen and oxygen atoms in total. The highest BCUT2D eigenvalue weighted by Gasteiger charge is 2.52. The second-order valence-corrected chi connectivity index (χ2v) is 6.60. The van der Waals surface area contributed by atoms with Crippen LogP contribution in [0.25, 0.3) is 0 Å². The molecule has 0 N–H and O–H groups in total. The number of amides is 2. The molecule has 1 fully saturated rings. The average molecular weight is 327 g/mol. The van der Waals surface area contributed by atoms with Crippen molar-refractivity contribution in [1.29, 1.82) is 0 Å². The maximum Gasteiger partial charge on any atom is 0.525 e. The van der Waals surface area contributed by atoms with E-state index >= 15 is 0 Å². The molecule has 4 unspecified atom stereocenters. The topological polar surface area (TPSA) is 80.8 Å². The highest BCUT2D eigenvalue weighted by atomic mass is 32.2. The van der Waals surface area contributed by atoms with Gasteiger partial charge in [-0.2, -0.15) is 21.6 Å². The van der Waals surface area contributed by atoms with Crippen molar-refractivity contribution in [2.75, 3.05) is 0 Å². The zero-order valence-corrected chi connectivity index (χ0v) is 11.6. The number of fused-ring (bicyclic) bond motifs is 2. The summed E-state index contributed by atoms with van der Waals surface area (Å²) in [6.07, 6.45) is 3.93. The fraction of sp³-hybridized carbons (Fsp3) is 0.636. The van der Waals surface area contributed by atoms with Crippen LogP contribution >= 0.6 is 0 Å². The van der Waals surface area contributed by atoms with Gasteiger partial charge >= 0.3 is 15.6 Å². The van der Waals surface area contributed by atoms with E-state index in [-0.39, 0.29) is 29.2 Å². The van der Waals surface area contributed by atoms with Crippen LogP contribution in [0.1, 0.15) is 13.3 Å². The van der Waals surface area contributed by atoms with Gasteiger partial charge in [0.05, 0.1) is 5.92 Å². The van der Waals surface area contributed by atoms with Crippen molar-refractivity contribution in [2.45, 2.75) is 18.9 Å². The van der Waals surface area contributed by atoms with Crippen molar-refractivity contribution in [3.05, 3.63) is 12.2 Å². The van der Waals surface area contributed by atoms with Crippen LogP contribution in [0.2, 0.25) is 0 Å². The van der Waals surface area contributed by atoms with Gasteiger partial charge in [0.2, 0.25) is 6.41 Å². The molecule has 0 radical (unpaired) electrons. The van der Waals surface area contributed by atoms with Crippen LogP contribution in [-0.4, -0.2) is 31.3 Å². The fourth-order valence-corrected chi connectivity index (χ4v) is 3.28. The predicted octanol–water partition coefficient (Wildman–Crippen LogP) is 1.21. The van der Waals surface area contributed by atoms with Crippen LogP contribution in [0.3, 0.4) is 0 Å². The molecule has 2 aliphatic rings. The Labute approximate surface area is 118 Å². The van der Waals surface area contributed by atoms with Crippen LogP contribution in [0.5, 0.6) is 0 Å². The highest BCUT2D eigenvalue weighted by Crippen LogP contribution is 2.48. The Balaban J connectivity index is 2.17. The lowest BCUT2D eigenvalue weighted by atomic mass is 9.84. The minimum Gasteiger partial charge on any atom is -0.276 e. The summed E-state index contributed by atoms with van der Waals surface area (Å²) in [6.45, 7) is 1.72. The minimum atomic E-state index is -6.06. The molecule has 1 saturated carbocycles. The number of allylic oxidation sites excluding steroid dienone is 2. The molecule has 2 amide bonds. The van der Waals surface area contributed by atoms with Crippen molar-refractivity contribution < 1.29 is 35.5 Å². The van der Waals surface area contributed by atoms with Gasteiger partial charge in [-0.1, -0.05) is 19.1 Å². The number of hydroxylamine groups is 2. The Hall–Kier alpha value is -1.42. The van der Waals surface area contributed by atoms with E-state index in [1.165, 1.54) is 0 Å². The number of carbonyl (C=O) groups is 2. The molecular weight excluding hydrogens is 315 g/mol. The van der Waals surface area contributed by atoms with E-state index in [0.717, 1.165) is 0 Å². The molecule has 0 aromatic carbocycles. The molecule has 10 heteroatoms. The number of carbonyl (C=O) groups excluding carboxylic acids is 2. The number of nitrogens with zero attached hydrogens (tertiary/aromatic N) is 1.